The predicted octanol–water partition coefficient (Wildman–Crippen LogP) is 4.16. The van der Waals surface area contributed by atoms with Crippen LogP contribution in [-0.4, -0.2) is 11.6 Å². The van der Waals surface area contributed by atoms with Crippen molar-refractivity contribution in [1.82, 2.24) is 4.57 Å². The number of nitrogens with zero attached hydrogens (tertiary/aromatic N) is 2. The van der Waals surface area contributed by atoms with Crippen LogP contribution in [0.2, 0.25) is 0 Å². The number of para-hydroxylation sites is 1. The molecule has 1 aromatic heterocycles. The standard InChI is InChI=1S/C18H17N3/c1-12-13(2)21(18-7-5-4-6-16(12)18)15-9-8-14(11-19)17(10-15)20-3/h4-10,20H,1-3H3. The summed E-state index contributed by atoms with van der Waals surface area (Å²) in [5, 5.41) is 13.5. The minimum atomic E-state index is 0.659. The molecule has 0 saturated heterocycles. The topological polar surface area (TPSA) is 40.8 Å². The Morgan fingerprint density at radius 3 is 2.57 bits per heavy atom. The molecule has 0 bridgehead atoms. The van der Waals surface area contributed by atoms with Crippen LogP contribution >= 0.6 is 0 Å². The summed E-state index contributed by atoms with van der Waals surface area (Å²) >= 11 is 0. The molecule has 0 atom stereocenters. The molecule has 21 heavy (non-hydrogen) atoms. The summed E-state index contributed by atoms with van der Waals surface area (Å²) in [6.07, 6.45) is 0. The van der Waals surface area contributed by atoms with Gasteiger partial charge in [0.1, 0.15) is 6.07 Å². The second kappa shape index (κ2) is 4.99. The number of nitrogens with one attached hydrogen (secondary N) is 1. The molecular formula is C18H17N3. The minimum Gasteiger partial charge on any atom is -0.387 e. The smallest absolute Gasteiger partial charge is 0.101 e. The molecule has 1 N–H and O–H groups in total. The highest BCUT2D eigenvalue weighted by atomic mass is 15.0. The van der Waals surface area contributed by atoms with E-state index in [2.05, 4.69) is 54.1 Å². The van der Waals surface area contributed by atoms with E-state index in [1.54, 1.807) is 0 Å². The number of hydrogen-bond acceptors (Lipinski definition) is 2. The van der Waals surface area contributed by atoms with E-state index in [0.29, 0.717) is 5.56 Å². The molecule has 1 heterocycles. The normalized spacial score (nSPS) is 10.6. The van der Waals surface area contributed by atoms with Gasteiger partial charge in [-0.3, -0.25) is 0 Å². The Morgan fingerprint density at radius 2 is 1.86 bits per heavy atom. The van der Waals surface area contributed by atoms with Crippen LogP contribution in [-0.2, 0) is 0 Å². The fraction of sp³-hybridized carbons (Fsp3) is 0.167. The Balaban J connectivity index is 2.31. The van der Waals surface area contributed by atoms with E-state index in [1.165, 1.54) is 22.2 Å². The molecule has 0 aliphatic rings. The number of aryl methyl sites for hydroxylation is 1. The van der Waals surface area contributed by atoms with Gasteiger partial charge in [0.2, 0.25) is 0 Å². The molecule has 0 amide bonds. The number of fused-ring (bicyclic) bond motifs is 1. The number of hydrogen-bond donors (Lipinski definition) is 1. The number of rotatable bonds is 2. The average Bonchev–Trinajstić information content (AvgIpc) is 2.78. The molecule has 0 fully saturated rings. The predicted molar refractivity (Wildman–Crippen MR) is 87.0 cm³/mol. The summed E-state index contributed by atoms with van der Waals surface area (Å²) in [6.45, 7) is 4.28. The van der Waals surface area contributed by atoms with E-state index in [0.717, 1.165) is 11.4 Å². The van der Waals surface area contributed by atoms with Gasteiger partial charge in [0.05, 0.1) is 16.8 Å². The first kappa shape index (κ1) is 13.3. The van der Waals surface area contributed by atoms with Gasteiger partial charge in [0.15, 0.2) is 0 Å². The van der Waals surface area contributed by atoms with Crippen LogP contribution in [0.5, 0.6) is 0 Å². The molecule has 0 saturated carbocycles. The third kappa shape index (κ3) is 1.96. The van der Waals surface area contributed by atoms with Gasteiger partial charge in [0.25, 0.3) is 0 Å². The summed E-state index contributed by atoms with van der Waals surface area (Å²) in [7, 11) is 1.84. The van der Waals surface area contributed by atoms with Crippen LogP contribution in [0, 0.1) is 25.2 Å². The second-order valence-corrected chi connectivity index (χ2v) is 5.15. The average molecular weight is 275 g/mol. The summed E-state index contributed by atoms with van der Waals surface area (Å²) in [4.78, 5) is 0. The van der Waals surface area contributed by atoms with Crippen molar-refractivity contribution in [1.29, 1.82) is 5.26 Å². The van der Waals surface area contributed by atoms with Gasteiger partial charge in [-0.25, -0.2) is 0 Å². The fourth-order valence-electron chi connectivity index (χ4n) is 2.84. The first-order valence-electron chi connectivity index (χ1n) is 6.96. The van der Waals surface area contributed by atoms with E-state index < -0.39 is 0 Å². The lowest BCUT2D eigenvalue weighted by molar-refractivity contribution is 1.04. The summed E-state index contributed by atoms with van der Waals surface area (Å²) in [5.74, 6) is 0. The molecule has 0 aliphatic carbocycles. The molecule has 0 radical (unpaired) electrons. The van der Waals surface area contributed by atoms with Gasteiger partial charge in [0, 0.05) is 23.8 Å². The largest absolute Gasteiger partial charge is 0.387 e. The molecule has 3 aromatic rings. The van der Waals surface area contributed by atoms with Crippen molar-refractivity contribution in [2.45, 2.75) is 13.8 Å². The number of aromatic nitrogens is 1. The van der Waals surface area contributed by atoms with Gasteiger partial charge in [-0.15, -0.1) is 0 Å². The van der Waals surface area contributed by atoms with Crippen molar-refractivity contribution >= 4 is 16.6 Å². The number of anilines is 1. The van der Waals surface area contributed by atoms with Gasteiger partial charge >= 0.3 is 0 Å². The zero-order valence-corrected chi connectivity index (χ0v) is 12.4. The molecule has 3 rings (SSSR count). The molecule has 0 aliphatic heterocycles. The molecule has 104 valence electrons. The van der Waals surface area contributed by atoms with Crippen molar-refractivity contribution in [2.24, 2.45) is 0 Å². The van der Waals surface area contributed by atoms with Crippen LogP contribution < -0.4 is 5.32 Å². The lowest BCUT2D eigenvalue weighted by Crippen LogP contribution is -2.00. The van der Waals surface area contributed by atoms with Gasteiger partial charge in [-0.2, -0.15) is 5.26 Å². The SMILES string of the molecule is CNc1cc(-n2c(C)c(C)c3ccccc32)ccc1C#N. The van der Waals surface area contributed by atoms with Crippen LogP contribution in [0.25, 0.3) is 16.6 Å². The molecule has 2 aromatic carbocycles. The third-order valence-electron chi connectivity index (χ3n) is 4.08. The van der Waals surface area contributed by atoms with Gasteiger partial charge < -0.3 is 9.88 Å². The van der Waals surface area contributed by atoms with Crippen molar-refractivity contribution in [3.05, 3.63) is 59.3 Å². The van der Waals surface area contributed by atoms with Crippen LogP contribution in [0.3, 0.4) is 0 Å². The molecule has 0 spiro atoms. The van der Waals surface area contributed by atoms with Crippen LogP contribution in [0.15, 0.2) is 42.5 Å². The zero-order chi connectivity index (χ0) is 15.0. The lowest BCUT2D eigenvalue weighted by atomic mass is 10.1. The first-order valence-corrected chi connectivity index (χ1v) is 6.96. The quantitative estimate of drug-likeness (QED) is 0.763. The van der Waals surface area contributed by atoms with Crippen molar-refractivity contribution in [2.75, 3.05) is 12.4 Å². The highest BCUT2D eigenvalue weighted by Crippen LogP contribution is 2.30. The van der Waals surface area contributed by atoms with E-state index in [-0.39, 0.29) is 0 Å². The van der Waals surface area contributed by atoms with E-state index >= 15 is 0 Å². The summed E-state index contributed by atoms with van der Waals surface area (Å²) in [6, 6.07) is 16.5. The molecule has 3 nitrogen and oxygen atoms in total. The molecule has 3 heteroatoms. The molecule has 0 unspecified atom stereocenters. The van der Waals surface area contributed by atoms with E-state index in [1.807, 2.05) is 25.2 Å². The zero-order valence-electron chi connectivity index (χ0n) is 12.4. The van der Waals surface area contributed by atoms with Crippen LogP contribution in [0.1, 0.15) is 16.8 Å². The Morgan fingerprint density at radius 1 is 1.10 bits per heavy atom. The van der Waals surface area contributed by atoms with Gasteiger partial charge in [-0.05, 0) is 43.7 Å². The Kier molecular flexibility index (Phi) is 3.15. The number of nitriles is 1. The van der Waals surface area contributed by atoms with E-state index in [4.69, 9.17) is 5.26 Å². The highest BCUT2D eigenvalue weighted by Gasteiger charge is 2.12. The Hall–Kier alpha value is -2.73. The minimum absolute atomic E-state index is 0.659. The third-order valence-corrected chi connectivity index (χ3v) is 4.08. The second-order valence-electron chi connectivity index (χ2n) is 5.15. The molecular weight excluding hydrogens is 258 g/mol. The maximum Gasteiger partial charge on any atom is 0.101 e. The first-order chi connectivity index (χ1) is 10.2. The van der Waals surface area contributed by atoms with Crippen molar-refractivity contribution < 1.29 is 0 Å². The maximum atomic E-state index is 9.14. The Bertz CT molecular complexity index is 866. The summed E-state index contributed by atoms with van der Waals surface area (Å²) < 4.78 is 2.24. The van der Waals surface area contributed by atoms with Gasteiger partial charge in [-0.1, -0.05) is 18.2 Å². The van der Waals surface area contributed by atoms with E-state index in [9.17, 15) is 0 Å². The monoisotopic (exact) mass is 275 g/mol. The highest BCUT2D eigenvalue weighted by molar-refractivity contribution is 5.87. The number of benzene rings is 2. The van der Waals surface area contributed by atoms with Crippen LogP contribution in [0.4, 0.5) is 5.69 Å². The lowest BCUT2D eigenvalue weighted by Gasteiger charge is -2.11. The summed E-state index contributed by atoms with van der Waals surface area (Å²) in [5.41, 5.74) is 6.29. The maximum absolute atomic E-state index is 9.14. The fourth-order valence-corrected chi connectivity index (χ4v) is 2.84. The van der Waals surface area contributed by atoms with Crippen molar-refractivity contribution in [3.63, 3.8) is 0 Å². The van der Waals surface area contributed by atoms with Crippen molar-refractivity contribution in [3.8, 4) is 11.8 Å². The Labute approximate surface area is 124 Å².